The molecule has 0 aliphatic carbocycles. The van der Waals surface area contributed by atoms with E-state index in [4.69, 9.17) is 33.2 Å². The minimum absolute atomic E-state index is 0.00734. The number of methoxy groups -OCH3 is 4. The van der Waals surface area contributed by atoms with Gasteiger partial charge in [0.1, 0.15) is 17.5 Å². The predicted molar refractivity (Wildman–Crippen MR) is 221 cm³/mol. The van der Waals surface area contributed by atoms with Crippen LogP contribution >= 0.6 is 0 Å². The summed E-state index contributed by atoms with van der Waals surface area (Å²) in [5.41, 5.74) is 0.0428. The van der Waals surface area contributed by atoms with E-state index in [9.17, 15) is 24.6 Å². The van der Waals surface area contributed by atoms with Gasteiger partial charge in [0.05, 0.1) is 55.4 Å². The van der Waals surface area contributed by atoms with Crippen molar-refractivity contribution in [1.82, 2.24) is 4.90 Å². The van der Waals surface area contributed by atoms with Crippen LogP contribution in [0.2, 0.25) is 0 Å². The van der Waals surface area contributed by atoms with E-state index in [-0.39, 0.29) is 42.4 Å². The number of ether oxygens (including phenoxy) is 7. The second-order valence-corrected chi connectivity index (χ2v) is 16.9. The van der Waals surface area contributed by atoms with Gasteiger partial charge >= 0.3 is 5.97 Å². The van der Waals surface area contributed by atoms with Gasteiger partial charge in [0, 0.05) is 97.1 Å². The standard InChI is InChI=1S/C45H73NO12/c1-28-15-18-34(48)23-35-13-12-14-36(57-35)24-39(53-9)45(26-56-45)40(54-10)25-38(52-8)32(5)44(58-41(50)20-16-28)33(6)42(51)29(2)17-19-37(49)31(4)43(55-11)30(3)21-22-46(7)27-47/h12-13,15-16,20-22,27,29-36,38-40,42-44,48,51H,14,17-19,23-26H2,1-11H3/b20-16?,22-21+,28-15+/t29-,30+,31-,32-,33-,34-,35?,36-,38+,39-,40-,42?,43+,44-,45-/m0/s1. The Hall–Kier alpha value is -2.75. The average Bonchev–Trinajstić information content (AvgIpc) is 4.02. The topological polar surface area (TPSA) is 163 Å². The molecule has 13 nitrogen and oxygen atoms in total. The fourth-order valence-electron chi connectivity index (χ4n) is 8.63. The third kappa shape index (κ3) is 13.9. The van der Waals surface area contributed by atoms with Crippen LogP contribution in [0.4, 0.5) is 0 Å². The lowest BCUT2D eigenvalue weighted by Gasteiger charge is -2.39. The van der Waals surface area contributed by atoms with E-state index in [1.54, 1.807) is 47.8 Å². The van der Waals surface area contributed by atoms with Crippen LogP contribution in [0, 0.1) is 29.6 Å². The third-order valence-electron chi connectivity index (χ3n) is 12.6. The van der Waals surface area contributed by atoms with Crippen molar-refractivity contribution >= 4 is 18.2 Å². The summed E-state index contributed by atoms with van der Waals surface area (Å²) in [6.45, 7) is 11.8. The quantitative estimate of drug-likeness (QED) is 0.0888. The number of cyclic esters (lactones) is 1. The molecule has 2 N–H and O–H groups in total. The molecule has 3 aliphatic heterocycles. The number of rotatable bonds is 16. The second kappa shape index (κ2) is 23.9. The largest absolute Gasteiger partial charge is 0.458 e. The van der Waals surface area contributed by atoms with Crippen LogP contribution in [0.3, 0.4) is 0 Å². The summed E-state index contributed by atoms with van der Waals surface area (Å²) < 4.78 is 42.8. The highest BCUT2D eigenvalue weighted by atomic mass is 16.6. The van der Waals surface area contributed by atoms with E-state index in [2.05, 4.69) is 6.08 Å². The summed E-state index contributed by atoms with van der Waals surface area (Å²) in [5, 5.41) is 22.7. The van der Waals surface area contributed by atoms with Crippen LogP contribution in [0.25, 0.3) is 0 Å². The van der Waals surface area contributed by atoms with E-state index >= 15 is 0 Å². The van der Waals surface area contributed by atoms with Gasteiger partial charge in [0.15, 0.2) is 0 Å². The van der Waals surface area contributed by atoms with Crippen LogP contribution in [0.5, 0.6) is 0 Å². The molecule has 0 aromatic carbocycles. The highest BCUT2D eigenvalue weighted by Crippen LogP contribution is 2.43. The van der Waals surface area contributed by atoms with Crippen LogP contribution in [0.1, 0.15) is 86.5 Å². The molecule has 1 saturated heterocycles. The number of nitrogens with zero attached hydrogens (tertiary/aromatic N) is 1. The molecule has 1 amide bonds. The van der Waals surface area contributed by atoms with Crippen molar-refractivity contribution < 1.29 is 57.8 Å². The highest BCUT2D eigenvalue weighted by Gasteiger charge is 2.59. The summed E-state index contributed by atoms with van der Waals surface area (Å²) in [7, 11) is 8.13. The number of carbonyl (C=O) groups is 3. The summed E-state index contributed by atoms with van der Waals surface area (Å²) in [6, 6.07) is 0. The number of amides is 1. The monoisotopic (exact) mass is 820 g/mol. The highest BCUT2D eigenvalue weighted by molar-refractivity contribution is 5.82. The van der Waals surface area contributed by atoms with Gasteiger partial charge in [-0.05, 0) is 32.1 Å². The molecule has 0 radical (unpaired) electrons. The minimum atomic E-state index is -0.931. The molecule has 0 aromatic rings. The molecule has 15 atom stereocenters. The van der Waals surface area contributed by atoms with Crippen molar-refractivity contribution in [3.05, 3.63) is 48.2 Å². The number of epoxide rings is 1. The number of allylic oxidation sites excluding steroid dienone is 2. The first-order valence-electron chi connectivity index (χ1n) is 20.9. The Bertz CT molecular complexity index is 1410. The van der Waals surface area contributed by atoms with Crippen molar-refractivity contribution in [3.8, 4) is 0 Å². The zero-order valence-electron chi connectivity index (χ0n) is 36.8. The van der Waals surface area contributed by atoms with Gasteiger partial charge in [-0.15, -0.1) is 0 Å². The van der Waals surface area contributed by atoms with Crippen molar-refractivity contribution in [1.29, 1.82) is 0 Å². The first-order valence-corrected chi connectivity index (χ1v) is 20.9. The van der Waals surface area contributed by atoms with E-state index in [0.29, 0.717) is 51.5 Å². The molecule has 58 heavy (non-hydrogen) atoms. The lowest BCUT2D eigenvalue weighted by molar-refractivity contribution is -0.159. The van der Waals surface area contributed by atoms with Gasteiger partial charge in [0.25, 0.3) is 0 Å². The predicted octanol–water partition coefficient (Wildman–Crippen LogP) is 5.37. The molecule has 3 aliphatic rings. The van der Waals surface area contributed by atoms with Crippen LogP contribution in [0.15, 0.2) is 48.2 Å². The zero-order chi connectivity index (χ0) is 43.2. The fraction of sp³-hybridized carbons (Fsp3) is 0.756. The van der Waals surface area contributed by atoms with Gasteiger partial charge in [-0.25, -0.2) is 4.79 Å². The van der Waals surface area contributed by atoms with E-state index in [1.165, 1.54) is 11.0 Å². The third-order valence-corrected chi connectivity index (χ3v) is 12.6. The van der Waals surface area contributed by atoms with Crippen molar-refractivity contribution in [3.63, 3.8) is 0 Å². The number of aliphatic hydroxyl groups is 2. The van der Waals surface area contributed by atoms with Crippen molar-refractivity contribution in [2.75, 3.05) is 42.1 Å². The Morgan fingerprint density at radius 3 is 2.31 bits per heavy atom. The van der Waals surface area contributed by atoms with Crippen molar-refractivity contribution in [2.24, 2.45) is 29.6 Å². The number of Topliss-reactive ketones (excluding diaryl/α,β-unsaturated/α-hetero) is 1. The second-order valence-electron chi connectivity index (χ2n) is 16.9. The van der Waals surface area contributed by atoms with E-state index in [0.717, 1.165) is 5.57 Å². The SMILES string of the molecule is CO[C@H]([C@H](C)/C=C/N(C)C=O)[C@@H](C)C(=O)CC[C@H](C)C(O)[C@H](C)[C@H]1OC(=O)C=C/C(C)=C/C[C@H](O)CC2C=CC[C@@H](C[C@H](OC)[C@@]3(CO3)[C@@H](OC)C[C@@H](OC)[C@@H]1C)O2. The Balaban J connectivity index is 1.86. The average molecular weight is 820 g/mol. The molecule has 13 heteroatoms. The normalized spacial score (nSPS) is 34.2. The maximum absolute atomic E-state index is 13.5. The van der Waals surface area contributed by atoms with E-state index < -0.39 is 65.9 Å². The number of fused-ring (bicyclic) bond motifs is 2. The Morgan fingerprint density at radius 2 is 1.71 bits per heavy atom. The van der Waals surface area contributed by atoms with Crippen LogP contribution in [-0.2, 0) is 47.5 Å². The van der Waals surface area contributed by atoms with Gasteiger partial charge < -0.3 is 48.3 Å². The smallest absolute Gasteiger partial charge is 0.331 e. The first kappa shape index (κ1) is 49.6. The molecule has 2 bridgehead atoms. The number of hydrogen-bond donors (Lipinski definition) is 2. The number of ketones is 1. The first-order chi connectivity index (χ1) is 27.5. The number of esters is 1. The van der Waals surface area contributed by atoms with Gasteiger partial charge in [-0.1, -0.05) is 70.6 Å². The molecular weight excluding hydrogens is 746 g/mol. The van der Waals surface area contributed by atoms with Crippen LogP contribution < -0.4 is 0 Å². The summed E-state index contributed by atoms with van der Waals surface area (Å²) in [6.07, 6.45) is 11.9. The summed E-state index contributed by atoms with van der Waals surface area (Å²) >= 11 is 0. The lowest BCUT2D eigenvalue weighted by Crippen LogP contribution is -2.50. The Kier molecular flexibility index (Phi) is 20.4. The molecule has 0 aromatic heterocycles. The number of carbonyl (C=O) groups excluding carboxylic acids is 3. The molecule has 1 fully saturated rings. The van der Waals surface area contributed by atoms with Gasteiger partial charge in [0.2, 0.25) is 6.41 Å². The maximum atomic E-state index is 13.5. The maximum Gasteiger partial charge on any atom is 0.331 e. The Morgan fingerprint density at radius 1 is 1.03 bits per heavy atom. The minimum Gasteiger partial charge on any atom is -0.458 e. The van der Waals surface area contributed by atoms with Gasteiger partial charge in [-0.2, -0.15) is 0 Å². The number of aliphatic hydroxyl groups excluding tert-OH is 2. The Labute approximate surface area is 347 Å². The van der Waals surface area contributed by atoms with Crippen molar-refractivity contribution in [2.45, 2.75) is 147 Å². The molecule has 0 saturated carbocycles. The zero-order valence-corrected chi connectivity index (χ0v) is 36.8. The molecular formula is C45H73NO12. The fourth-order valence-corrected chi connectivity index (χ4v) is 8.63. The summed E-state index contributed by atoms with van der Waals surface area (Å²) in [5.74, 6) is -2.39. The molecule has 2 unspecified atom stereocenters. The molecule has 1 spiro atoms. The molecule has 330 valence electrons. The van der Waals surface area contributed by atoms with E-state index in [1.807, 2.05) is 59.8 Å². The molecule has 3 heterocycles. The summed E-state index contributed by atoms with van der Waals surface area (Å²) in [4.78, 5) is 39.4. The lowest BCUT2D eigenvalue weighted by atomic mass is 9.78. The van der Waals surface area contributed by atoms with Gasteiger partial charge in [-0.3, -0.25) is 9.59 Å². The number of hydrogen-bond acceptors (Lipinski definition) is 12. The molecule has 3 rings (SSSR count). The van der Waals surface area contributed by atoms with Crippen LogP contribution in [-0.4, -0.2) is 136 Å².